The Morgan fingerprint density at radius 1 is 1.06 bits per heavy atom. The summed E-state index contributed by atoms with van der Waals surface area (Å²) < 4.78 is 27.9. The minimum absolute atomic E-state index is 0.111. The maximum absolute atomic E-state index is 13.1. The third-order valence-electron chi connectivity index (χ3n) is 6.50. The molecular formula is C23H23ClN4O2S. The third kappa shape index (κ3) is 3.41. The Morgan fingerprint density at radius 3 is 2.48 bits per heavy atom. The lowest BCUT2D eigenvalue weighted by molar-refractivity contribution is 0.229. The Labute approximate surface area is 187 Å². The van der Waals surface area contributed by atoms with Gasteiger partial charge in [0.05, 0.1) is 10.6 Å². The SMILES string of the molecule is CNc1ncc2c(n1)-c1ccccc1C1(CCN(S(=O)(=O)c3ccc(Cl)cc3)CC1)C2. The van der Waals surface area contributed by atoms with Crippen molar-refractivity contribution in [3.05, 3.63) is 70.9 Å². The quantitative estimate of drug-likeness (QED) is 0.644. The van der Waals surface area contributed by atoms with Crippen molar-refractivity contribution in [3.8, 4) is 11.3 Å². The van der Waals surface area contributed by atoms with Gasteiger partial charge < -0.3 is 5.32 Å². The second-order valence-electron chi connectivity index (χ2n) is 8.18. The second kappa shape index (κ2) is 7.58. The number of nitrogens with one attached hydrogen (secondary N) is 1. The highest BCUT2D eigenvalue weighted by Gasteiger charge is 2.44. The van der Waals surface area contributed by atoms with E-state index in [4.69, 9.17) is 16.6 Å². The van der Waals surface area contributed by atoms with Crippen LogP contribution in [0.1, 0.15) is 24.0 Å². The molecule has 3 aromatic rings. The number of rotatable bonds is 3. The van der Waals surface area contributed by atoms with Crippen molar-refractivity contribution >= 4 is 27.6 Å². The van der Waals surface area contributed by atoms with Crippen LogP contribution in [0.5, 0.6) is 0 Å². The number of hydrogen-bond donors (Lipinski definition) is 1. The molecule has 1 aliphatic heterocycles. The third-order valence-corrected chi connectivity index (χ3v) is 8.67. The number of nitrogens with zero attached hydrogens (tertiary/aromatic N) is 3. The van der Waals surface area contributed by atoms with Gasteiger partial charge in [-0.25, -0.2) is 18.4 Å². The van der Waals surface area contributed by atoms with Crippen LogP contribution < -0.4 is 5.32 Å². The fourth-order valence-corrected chi connectivity index (χ4v) is 6.43. The summed E-state index contributed by atoms with van der Waals surface area (Å²) in [6.07, 6.45) is 4.23. The highest BCUT2D eigenvalue weighted by atomic mass is 35.5. The molecule has 1 aliphatic carbocycles. The standard InChI is InChI=1S/C23H23ClN4O2S/c1-25-22-26-15-16-14-23(20-5-3-2-4-19(20)21(16)27-22)10-12-28(13-11-23)31(29,30)18-8-6-17(24)7-9-18/h2-9,15H,10-14H2,1H3,(H,25,26,27). The molecule has 1 aromatic heterocycles. The first-order chi connectivity index (χ1) is 14.9. The number of halogens is 1. The summed E-state index contributed by atoms with van der Waals surface area (Å²) in [5.41, 5.74) is 4.35. The highest BCUT2D eigenvalue weighted by molar-refractivity contribution is 7.89. The fraction of sp³-hybridized carbons (Fsp3) is 0.304. The van der Waals surface area contributed by atoms with Crippen molar-refractivity contribution in [1.29, 1.82) is 0 Å². The molecule has 0 atom stereocenters. The van der Waals surface area contributed by atoms with Crippen LogP contribution in [0.15, 0.2) is 59.6 Å². The second-order valence-corrected chi connectivity index (χ2v) is 10.6. The van der Waals surface area contributed by atoms with Gasteiger partial charge in [-0.05, 0) is 54.7 Å². The zero-order chi connectivity index (χ0) is 21.6. The smallest absolute Gasteiger partial charge is 0.243 e. The molecule has 2 aromatic carbocycles. The Bertz CT molecular complexity index is 1240. The molecule has 6 nitrogen and oxygen atoms in total. The topological polar surface area (TPSA) is 75.2 Å². The number of sulfonamides is 1. The molecule has 8 heteroatoms. The van der Waals surface area contributed by atoms with E-state index in [1.54, 1.807) is 28.6 Å². The van der Waals surface area contributed by atoms with Crippen molar-refractivity contribution in [3.63, 3.8) is 0 Å². The molecular weight excluding hydrogens is 432 g/mol. The van der Waals surface area contributed by atoms with E-state index in [1.807, 2.05) is 19.3 Å². The number of anilines is 1. The first-order valence-corrected chi connectivity index (χ1v) is 12.1. The number of benzene rings is 2. The van der Waals surface area contributed by atoms with Gasteiger partial charge in [0.15, 0.2) is 0 Å². The number of fused-ring (bicyclic) bond motifs is 4. The van der Waals surface area contributed by atoms with Crippen LogP contribution in [0, 0.1) is 0 Å². The summed E-state index contributed by atoms with van der Waals surface area (Å²) in [7, 11) is -1.73. The van der Waals surface area contributed by atoms with Gasteiger partial charge in [0, 0.05) is 42.3 Å². The van der Waals surface area contributed by atoms with Gasteiger partial charge in [0.1, 0.15) is 0 Å². The molecule has 1 spiro atoms. The van der Waals surface area contributed by atoms with Crippen LogP contribution in [0.25, 0.3) is 11.3 Å². The van der Waals surface area contributed by atoms with E-state index in [0.717, 1.165) is 36.1 Å². The molecule has 0 saturated carbocycles. The van der Waals surface area contributed by atoms with Crippen molar-refractivity contribution in [2.24, 2.45) is 0 Å². The van der Waals surface area contributed by atoms with Gasteiger partial charge in [0.25, 0.3) is 0 Å². The lowest BCUT2D eigenvalue weighted by Gasteiger charge is -2.45. The van der Waals surface area contributed by atoms with Gasteiger partial charge in [-0.1, -0.05) is 35.9 Å². The molecule has 1 N–H and O–H groups in total. The highest BCUT2D eigenvalue weighted by Crippen LogP contribution is 2.48. The van der Waals surface area contributed by atoms with Crippen LogP contribution in [-0.4, -0.2) is 42.8 Å². The minimum Gasteiger partial charge on any atom is -0.357 e. The Hall–Kier alpha value is -2.48. The van der Waals surface area contributed by atoms with E-state index in [9.17, 15) is 8.42 Å². The largest absolute Gasteiger partial charge is 0.357 e. The first-order valence-electron chi connectivity index (χ1n) is 10.3. The van der Waals surface area contributed by atoms with E-state index in [2.05, 4.69) is 28.5 Å². The van der Waals surface area contributed by atoms with E-state index in [0.29, 0.717) is 24.1 Å². The molecule has 1 saturated heterocycles. The van der Waals surface area contributed by atoms with Crippen LogP contribution in [0.3, 0.4) is 0 Å². The molecule has 0 bridgehead atoms. The molecule has 0 unspecified atom stereocenters. The summed E-state index contributed by atoms with van der Waals surface area (Å²) in [6, 6.07) is 14.8. The van der Waals surface area contributed by atoms with E-state index in [-0.39, 0.29) is 10.3 Å². The van der Waals surface area contributed by atoms with Gasteiger partial charge in [0.2, 0.25) is 16.0 Å². The monoisotopic (exact) mass is 454 g/mol. The number of piperidine rings is 1. The van der Waals surface area contributed by atoms with Gasteiger partial charge in [-0.2, -0.15) is 4.31 Å². The van der Waals surface area contributed by atoms with Crippen molar-refractivity contribution < 1.29 is 8.42 Å². The van der Waals surface area contributed by atoms with Gasteiger partial charge in [-0.3, -0.25) is 0 Å². The van der Waals surface area contributed by atoms with Gasteiger partial charge in [-0.15, -0.1) is 0 Å². The predicted octanol–water partition coefficient (Wildman–Crippen LogP) is 4.12. The van der Waals surface area contributed by atoms with Crippen molar-refractivity contribution in [2.45, 2.75) is 29.6 Å². The molecule has 31 heavy (non-hydrogen) atoms. The maximum atomic E-state index is 13.1. The summed E-state index contributed by atoms with van der Waals surface area (Å²) in [6.45, 7) is 0.953. The van der Waals surface area contributed by atoms with Crippen LogP contribution >= 0.6 is 11.6 Å². The fourth-order valence-electron chi connectivity index (χ4n) is 4.86. The zero-order valence-electron chi connectivity index (χ0n) is 17.2. The van der Waals surface area contributed by atoms with E-state index < -0.39 is 10.0 Å². The summed E-state index contributed by atoms with van der Waals surface area (Å²) >= 11 is 5.93. The predicted molar refractivity (Wildman–Crippen MR) is 122 cm³/mol. The molecule has 1 fully saturated rings. The first kappa shape index (κ1) is 20.4. The minimum atomic E-state index is -3.54. The van der Waals surface area contributed by atoms with Crippen LogP contribution in [-0.2, 0) is 21.9 Å². The van der Waals surface area contributed by atoms with Crippen molar-refractivity contribution in [2.75, 3.05) is 25.5 Å². The number of aromatic nitrogens is 2. The molecule has 2 heterocycles. The van der Waals surface area contributed by atoms with Crippen LogP contribution in [0.4, 0.5) is 5.95 Å². The van der Waals surface area contributed by atoms with Crippen LogP contribution in [0.2, 0.25) is 5.02 Å². The average Bonchev–Trinajstić information content (AvgIpc) is 2.80. The Morgan fingerprint density at radius 2 is 1.77 bits per heavy atom. The van der Waals surface area contributed by atoms with Gasteiger partial charge >= 0.3 is 0 Å². The molecule has 5 rings (SSSR count). The number of hydrogen-bond acceptors (Lipinski definition) is 5. The molecule has 0 radical (unpaired) electrons. The Kier molecular flexibility index (Phi) is 5.00. The summed E-state index contributed by atoms with van der Waals surface area (Å²) in [5, 5.41) is 3.54. The van der Waals surface area contributed by atoms with E-state index in [1.165, 1.54) is 5.56 Å². The normalized spacial score (nSPS) is 17.7. The average molecular weight is 455 g/mol. The molecule has 160 valence electrons. The zero-order valence-corrected chi connectivity index (χ0v) is 18.7. The van der Waals surface area contributed by atoms with E-state index >= 15 is 0 Å². The molecule has 0 amide bonds. The lowest BCUT2D eigenvalue weighted by atomic mass is 9.64. The molecule has 2 aliphatic rings. The maximum Gasteiger partial charge on any atom is 0.243 e. The lowest BCUT2D eigenvalue weighted by Crippen LogP contribution is -2.47. The van der Waals surface area contributed by atoms with Crippen molar-refractivity contribution in [1.82, 2.24) is 14.3 Å². The summed E-state index contributed by atoms with van der Waals surface area (Å²) in [5.74, 6) is 0.605. The Balaban J connectivity index is 1.47. The summed E-state index contributed by atoms with van der Waals surface area (Å²) in [4.78, 5) is 9.42.